The first kappa shape index (κ1) is 27.9. The van der Waals surface area contributed by atoms with Crippen molar-refractivity contribution in [1.82, 2.24) is 29.8 Å². The van der Waals surface area contributed by atoms with Crippen LogP contribution in [0.4, 0.5) is 19.0 Å². The fourth-order valence-electron chi connectivity index (χ4n) is 2.99. The Morgan fingerprint density at radius 1 is 1.26 bits per heavy atom. The highest BCUT2D eigenvalue weighted by Gasteiger charge is 2.33. The summed E-state index contributed by atoms with van der Waals surface area (Å²) in [6.07, 6.45) is -1.72. The first-order valence-electron chi connectivity index (χ1n) is 10.7. The van der Waals surface area contributed by atoms with Crippen molar-refractivity contribution < 1.29 is 32.9 Å². The van der Waals surface area contributed by atoms with Gasteiger partial charge in [-0.15, -0.1) is 0 Å². The molecule has 0 radical (unpaired) electrons. The van der Waals surface area contributed by atoms with Gasteiger partial charge in [-0.2, -0.15) is 13.2 Å². The van der Waals surface area contributed by atoms with Crippen molar-refractivity contribution >= 4 is 22.9 Å². The molecule has 0 spiro atoms. The van der Waals surface area contributed by atoms with E-state index in [9.17, 15) is 28.2 Å². The summed E-state index contributed by atoms with van der Waals surface area (Å²) in [5, 5.41) is 22.1. The van der Waals surface area contributed by atoms with E-state index in [2.05, 4.69) is 25.3 Å². The van der Waals surface area contributed by atoms with Crippen molar-refractivity contribution in [2.45, 2.75) is 44.8 Å². The number of halogens is 3. The van der Waals surface area contributed by atoms with E-state index in [-0.39, 0.29) is 18.3 Å². The molecule has 1 aliphatic rings. The molecule has 3 aromatic heterocycles. The number of nitrogen functional groups attached to an aromatic ring is 1. The Bertz CT molecular complexity index is 1110. The number of hydrogen-bond donors (Lipinski definition) is 4. The second-order valence-corrected chi connectivity index (χ2v) is 7.22. The number of amides is 1. The molecule has 0 saturated carbocycles. The van der Waals surface area contributed by atoms with Crippen molar-refractivity contribution in [3.63, 3.8) is 0 Å². The van der Waals surface area contributed by atoms with Crippen LogP contribution in [0.3, 0.4) is 0 Å². The van der Waals surface area contributed by atoms with Crippen LogP contribution in [-0.2, 0) is 18.0 Å². The highest BCUT2D eigenvalue weighted by molar-refractivity contribution is 5.96. The summed E-state index contributed by atoms with van der Waals surface area (Å²) in [5.74, 6) is -0.559. The zero-order valence-corrected chi connectivity index (χ0v) is 19.4. The van der Waals surface area contributed by atoms with Gasteiger partial charge >= 0.3 is 6.18 Å². The first-order valence-corrected chi connectivity index (χ1v) is 10.7. The summed E-state index contributed by atoms with van der Waals surface area (Å²) in [5.41, 5.74) is 5.63. The van der Waals surface area contributed by atoms with Crippen molar-refractivity contribution in [1.29, 1.82) is 0 Å². The fraction of sp³-hybridized carbons (Fsp3) is 0.476. The minimum Gasteiger partial charge on any atom is -0.390 e. The van der Waals surface area contributed by atoms with Crippen molar-refractivity contribution in [3.8, 4) is 0 Å². The summed E-state index contributed by atoms with van der Waals surface area (Å²) >= 11 is 0. The van der Waals surface area contributed by atoms with Crippen LogP contribution >= 0.6 is 0 Å². The molecule has 11 nitrogen and oxygen atoms in total. The number of ether oxygens (including phenoxy) is 1. The van der Waals surface area contributed by atoms with Crippen molar-refractivity contribution in [2.24, 2.45) is 7.05 Å². The first-order chi connectivity index (χ1) is 16.6. The molecule has 35 heavy (non-hydrogen) atoms. The van der Waals surface area contributed by atoms with Crippen LogP contribution in [-0.4, -0.2) is 72.1 Å². The van der Waals surface area contributed by atoms with E-state index in [1.165, 1.54) is 6.20 Å². The molecular weight excluding hydrogens is 471 g/mol. The molecular formula is C21H28F3N7O4. The van der Waals surface area contributed by atoms with Crippen LogP contribution in [0.25, 0.3) is 11.2 Å². The third-order valence-corrected chi connectivity index (χ3v) is 4.74. The predicted octanol–water partition coefficient (Wildman–Crippen LogP) is 1.31. The van der Waals surface area contributed by atoms with E-state index in [0.717, 1.165) is 6.20 Å². The standard InChI is InChI=1S/C14H18N4O4.C5H4F3N3.C2H6/c1-18-7-17-9-4-8(5-15-13(9)18)14(21)16-6-11-12(20)10(19)2-3-22-11;6-5(7,8)3-1-10-2-4(9)11-3;1-2/h4-5,7,10-12,19-20H,2-3,6H2,1H3,(H,16,21);1-2H,(H2,9,11);1-2H3. The molecule has 0 bridgehead atoms. The second kappa shape index (κ2) is 12.4. The molecule has 1 saturated heterocycles. The molecule has 14 heteroatoms. The summed E-state index contributed by atoms with van der Waals surface area (Å²) in [6.45, 7) is 4.48. The zero-order valence-electron chi connectivity index (χ0n) is 19.4. The van der Waals surface area contributed by atoms with Gasteiger partial charge in [0.05, 0.1) is 30.4 Å². The zero-order chi connectivity index (χ0) is 26.2. The van der Waals surface area contributed by atoms with Crippen LogP contribution < -0.4 is 11.1 Å². The van der Waals surface area contributed by atoms with E-state index >= 15 is 0 Å². The molecule has 4 heterocycles. The lowest BCUT2D eigenvalue weighted by atomic mass is 10.0. The summed E-state index contributed by atoms with van der Waals surface area (Å²) in [4.78, 5) is 26.8. The summed E-state index contributed by atoms with van der Waals surface area (Å²) in [7, 11) is 1.83. The molecule has 3 aromatic rings. The van der Waals surface area contributed by atoms with Gasteiger partial charge in [-0.05, 0) is 12.5 Å². The number of pyridine rings is 1. The minimum absolute atomic E-state index is 0.122. The molecule has 0 aromatic carbocycles. The largest absolute Gasteiger partial charge is 0.434 e. The number of anilines is 1. The topological polar surface area (TPSA) is 161 Å². The van der Waals surface area contributed by atoms with Crippen LogP contribution in [0.2, 0.25) is 0 Å². The van der Waals surface area contributed by atoms with Crippen LogP contribution in [0, 0.1) is 0 Å². The van der Waals surface area contributed by atoms with Gasteiger partial charge in [0.1, 0.15) is 23.5 Å². The van der Waals surface area contributed by atoms with Crippen LogP contribution in [0.5, 0.6) is 0 Å². The molecule has 1 fully saturated rings. The summed E-state index contributed by atoms with van der Waals surface area (Å²) < 4.78 is 42.6. The van der Waals surface area contributed by atoms with Gasteiger partial charge in [0.25, 0.3) is 5.91 Å². The average molecular weight is 499 g/mol. The fourth-order valence-corrected chi connectivity index (χ4v) is 2.99. The van der Waals surface area contributed by atoms with Gasteiger partial charge in [-0.3, -0.25) is 9.78 Å². The number of fused-ring (bicyclic) bond motifs is 1. The number of nitrogens with two attached hydrogens (primary N) is 1. The number of carbonyl (C=O) groups excluding carboxylic acids is 1. The van der Waals surface area contributed by atoms with E-state index in [4.69, 9.17) is 10.5 Å². The van der Waals surface area contributed by atoms with Crippen LogP contribution in [0.15, 0.2) is 31.0 Å². The number of aryl methyl sites for hydroxylation is 1. The third kappa shape index (κ3) is 7.56. The number of alkyl halides is 3. The Morgan fingerprint density at radius 3 is 2.60 bits per heavy atom. The number of aliphatic hydroxyl groups is 2. The molecule has 3 atom stereocenters. The van der Waals surface area contributed by atoms with Gasteiger partial charge < -0.3 is 30.6 Å². The lowest BCUT2D eigenvalue weighted by molar-refractivity contribution is -0.141. The molecule has 3 unspecified atom stereocenters. The lowest BCUT2D eigenvalue weighted by Crippen LogP contribution is -2.49. The Morgan fingerprint density at radius 2 is 1.97 bits per heavy atom. The Hall–Kier alpha value is -3.36. The summed E-state index contributed by atoms with van der Waals surface area (Å²) in [6, 6.07) is 1.66. The average Bonchev–Trinajstić information content (AvgIpc) is 3.21. The van der Waals surface area contributed by atoms with Gasteiger partial charge in [0.2, 0.25) is 0 Å². The number of nitrogens with zero attached hydrogens (tertiary/aromatic N) is 5. The monoisotopic (exact) mass is 499 g/mol. The Labute approximate surface area is 199 Å². The Balaban J connectivity index is 0.000000280. The predicted molar refractivity (Wildman–Crippen MR) is 120 cm³/mol. The minimum atomic E-state index is -4.47. The quantitative estimate of drug-likeness (QED) is 0.416. The normalized spacial score (nSPS) is 19.7. The number of aromatic nitrogens is 5. The smallest absolute Gasteiger partial charge is 0.390 e. The van der Waals surface area contributed by atoms with E-state index in [1.54, 1.807) is 17.0 Å². The maximum absolute atomic E-state index is 12.1. The maximum Gasteiger partial charge on any atom is 0.434 e. The van der Waals surface area contributed by atoms with Crippen molar-refractivity contribution in [3.05, 3.63) is 42.2 Å². The van der Waals surface area contributed by atoms with Crippen molar-refractivity contribution in [2.75, 3.05) is 18.9 Å². The molecule has 0 aliphatic carbocycles. The third-order valence-electron chi connectivity index (χ3n) is 4.74. The molecule has 1 amide bonds. The second-order valence-electron chi connectivity index (χ2n) is 7.22. The maximum atomic E-state index is 12.1. The molecule has 192 valence electrons. The van der Waals surface area contributed by atoms with Gasteiger partial charge in [0, 0.05) is 26.4 Å². The van der Waals surface area contributed by atoms with Gasteiger partial charge in [0.15, 0.2) is 11.3 Å². The van der Waals surface area contributed by atoms with E-state index in [1.807, 2.05) is 20.9 Å². The van der Waals surface area contributed by atoms with Crippen LogP contribution in [0.1, 0.15) is 36.3 Å². The number of hydrogen-bond acceptors (Lipinski definition) is 9. The molecule has 4 rings (SSSR count). The number of imidazole rings is 1. The highest BCUT2D eigenvalue weighted by atomic mass is 19.4. The Kier molecular flexibility index (Phi) is 9.86. The van der Waals surface area contributed by atoms with E-state index < -0.39 is 30.2 Å². The SMILES string of the molecule is CC.Cn1cnc2cc(C(=O)NCC3OCCC(O)C3O)cnc21.Nc1cncc(C(F)(F)F)n1. The number of rotatable bonds is 3. The highest BCUT2D eigenvalue weighted by Crippen LogP contribution is 2.26. The lowest BCUT2D eigenvalue weighted by Gasteiger charge is -2.32. The van der Waals surface area contributed by atoms with Gasteiger partial charge in [-0.25, -0.2) is 15.0 Å². The number of nitrogens with one attached hydrogen (secondary N) is 1. The van der Waals surface area contributed by atoms with Gasteiger partial charge in [-0.1, -0.05) is 13.8 Å². The number of carbonyl (C=O) groups is 1. The van der Waals surface area contributed by atoms with E-state index in [0.29, 0.717) is 36.0 Å². The number of aliphatic hydroxyl groups excluding tert-OH is 2. The molecule has 5 N–H and O–H groups in total. The molecule has 1 aliphatic heterocycles.